The van der Waals surface area contributed by atoms with Gasteiger partial charge in [-0.3, -0.25) is 4.68 Å². The van der Waals surface area contributed by atoms with Gasteiger partial charge in [-0.05, 0) is 25.5 Å². The minimum absolute atomic E-state index is 0.0151. The average Bonchev–Trinajstić information content (AvgIpc) is 2.60. The van der Waals surface area contributed by atoms with Crippen molar-refractivity contribution in [3.8, 4) is 11.3 Å². The van der Waals surface area contributed by atoms with Gasteiger partial charge in [-0.1, -0.05) is 23.8 Å². The lowest BCUT2D eigenvalue weighted by Crippen LogP contribution is -1.96. The normalized spacial score (nSPS) is 10.8. The highest BCUT2D eigenvalue weighted by atomic mass is 16.3. The van der Waals surface area contributed by atoms with E-state index in [0.29, 0.717) is 5.69 Å². The molecule has 1 aromatic heterocycles. The highest BCUT2D eigenvalue weighted by molar-refractivity contribution is 5.64. The second-order valence-corrected chi connectivity index (χ2v) is 4.12. The van der Waals surface area contributed by atoms with Gasteiger partial charge in [0.05, 0.1) is 18.0 Å². The summed E-state index contributed by atoms with van der Waals surface area (Å²) in [5.74, 6) is 0. The number of aryl methyl sites for hydroxylation is 3. The number of rotatable bonds is 2. The van der Waals surface area contributed by atoms with E-state index < -0.39 is 0 Å². The summed E-state index contributed by atoms with van der Waals surface area (Å²) in [6.45, 7) is 4.16. The van der Waals surface area contributed by atoms with E-state index in [1.807, 2.05) is 17.8 Å². The van der Waals surface area contributed by atoms with Crippen molar-refractivity contribution < 1.29 is 5.11 Å². The van der Waals surface area contributed by atoms with Gasteiger partial charge in [0.1, 0.15) is 0 Å². The number of hydrogen-bond donors (Lipinski definition) is 1. The van der Waals surface area contributed by atoms with Crippen LogP contribution in [0.2, 0.25) is 0 Å². The molecule has 1 aromatic carbocycles. The Labute approximate surface area is 95.3 Å². The highest BCUT2D eigenvalue weighted by Crippen LogP contribution is 2.24. The van der Waals surface area contributed by atoms with E-state index in [-0.39, 0.29) is 6.61 Å². The standard InChI is InChI=1S/C13H16N2O/c1-9-4-5-12(10(2)6-9)13-7-11(8-16)14-15(13)3/h4-7,16H,8H2,1-3H3. The number of benzene rings is 1. The molecule has 0 radical (unpaired) electrons. The van der Waals surface area contributed by atoms with Crippen LogP contribution in [0.1, 0.15) is 16.8 Å². The molecule has 0 bridgehead atoms. The van der Waals surface area contributed by atoms with E-state index in [4.69, 9.17) is 5.11 Å². The van der Waals surface area contributed by atoms with E-state index in [0.717, 1.165) is 5.69 Å². The van der Waals surface area contributed by atoms with Crippen LogP contribution in [0.3, 0.4) is 0 Å². The quantitative estimate of drug-likeness (QED) is 0.835. The van der Waals surface area contributed by atoms with Crippen LogP contribution in [0.25, 0.3) is 11.3 Å². The van der Waals surface area contributed by atoms with Gasteiger partial charge < -0.3 is 5.11 Å². The van der Waals surface area contributed by atoms with Crippen LogP contribution in [0.4, 0.5) is 0 Å². The lowest BCUT2D eigenvalue weighted by molar-refractivity contribution is 0.275. The Morgan fingerprint density at radius 3 is 2.56 bits per heavy atom. The van der Waals surface area contributed by atoms with Crippen molar-refractivity contribution >= 4 is 0 Å². The molecule has 0 saturated heterocycles. The van der Waals surface area contributed by atoms with Gasteiger partial charge in [0.2, 0.25) is 0 Å². The Kier molecular flexibility index (Phi) is 2.79. The Balaban J connectivity index is 2.53. The minimum atomic E-state index is -0.0151. The summed E-state index contributed by atoms with van der Waals surface area (Å²) >= 11 is 0. The van der Waals surface area contributed by atoms with Crippen LogP contribution in [-0.4, -0.2) is 14.9 Å². The lowest BCUT2D eigenvalue weighted by Gasteiger charge is -2.06. The Morgan fingerprint density at radius 2 is 2.00 bits per heavy atom. The summed E-state index contributed by atoms with van der Waals surface area (Å²) in [4.78, 5) is 0. The van der Waals surface area contributed by atoms with Crippen molar-refractivity contribution in [1.29, 1.82) is 0 Å². The van der Waals surface area contributed by atoms with Gasteiger partial charge in [-0.25, -0.2) is 0 Å². The number of aliphatic hydroxyl groups excluding tert-OH is 1. The first-order valence-electron chi connectivity index (χ1n) is 5.33. The van der Waals surface area contributed by atoms with Gasteiger partial charge >= 0.3 is 0 Å². The number of aliphatic hydroxyl groups is 1. The molecule has 0 spiro atoms. The molecular formula is C13H16N2O. The third kappa shape index (κ3) is 1.86. The van der Waals surface area contributed by atoms with Crippen molar-refractivity contribution in [1.82, 2.24) is 9.78 Å². The fraction of sp³-hybridized carbons (Fsp3) is 0.308. The lowest BCUT2D eigenvalue weighted by atomic mass is 10.0. The molecule has 0 aliphatic rings. The molecule has 3 nitrogen and oxygen atoms in total. The number of aromatic nitrogens is 2. The monoisotopic (exact) mass is 216 g/mol. The molecule has 16 heavy (non-hydrogen) atoms. The first-order valence-corrected chi connectivity index (χ1v) is 5.33. The molecule has 2 aromatic rings. The number of hydrogen-bond acceptors (Lipinski definition) is 2. The molecule has 0 saturated carbocycles. The van der Waals surface area contributed by atoms with E-state index in [1.54, 1.807) is 0 Å². The third-order valence-corrected chi connectivity index (χ3v) is 2.75. The highest BCUT2D eigenvalue weighted by Gasteiger charge is 2.08. The molecular weight excluding hydrogens is 200 g/mol. The predicted molar refractivity (Wildman–Crippen MR) is 64.0 cm³/mol. The molecule has 1 heterocycles. The minimum Gasteiger partial charge on any atom is -0.390 e. The van der Waals surface area contributed by atoms with Gasteiger partial charge in [0.15, 0.2) is 0 Å². The fourth-order valence-corrected chi connectivity index (χ4v) is 1.96. The van der Waals surface area contributed by atoms with E-state index in [1.165, 1.54) is 16.7 Å². The van der Waals surface area contributed by atoms with Crippen molar-refractivity contribution in [2.24, 2.45) is 7.05 Å². The topological polar surface area (TPSA) is 38.1 Å². The third-order valence-electron chi connectivity index (χ3n) is 2.75. The smallest absolute Gasteiger partial charge is 0.0885 e. The molecule has 0 aliphatic heterocycles. The van der Waals surface area contributed by atoms with E-state index >= 15 is 0 Å². The van der Waals surface area contributed by atoms with E-state index in [9.17, 15) is 0 Å². The van der Waals surface area contributed by atoms with Crippen molar-refractivity contribution in [2.75, 3.05) is 0 Å². The maximum absolute atomic E-state index is 9.06. The fourth-order valence-electron chi connectivity index (χ4n) is 1.96. The zero-order valence-electron chi connectivity index (χ0n) is 9.86. The Hall–Kier alpha value is -1.61. The van der Waals surface area contributed by atoms with Gasteiger partial charge in [0.25, 0.3) is 0 Å². The summed E-state index contributed by atoms with van der Waals surface area (Å²) in [5, 5.41) is 13.3. The van der Waals surface area contributed by atoms with Crippen LogP contribution in [0, 0.1) is 13.8 Å². The number of nitrogens with zero attached hydrogens (tertiary/aromatic N) is 2. The predicted octanol–water partition coefficient (Wildman–Crippen LogP) is 2.20. The van der Waals surface area contributed by atoms with Crippen LogP contribution < -0.4 is 0 Å². The van der Waals surface area contributed by atoms with Crippen LogP contribution in [0.15, 0.2) is 24.3 Å². The second-order valence-electron chi connectivity index (χ2n) is 4.12. The molecule has 0 atom stereocenters. The summed E-state index contributed by atoms with van der Waals surface area (Å²) in [5.41, 5.74) is 5.40. The molecule has 0 fully saturated rings. The second kappa shape index (κ2) is 4.10. The Bertz CT molecular complexity index is 515. The van der Waals surface area contributed by atoms with Crippen molar-refractivity contribution in [2.45, 2.75) is 20.5 Å². The van der Waals surface area contributed by atoms with Gasteiger partial charge in [0, 0.05) is 12.6 Å². The summed E-state index contributed by atoms with van der Waals surface area (Å²) < 4.78 is 1.81. The zero-order valence-corrected chi connectivity index (χ0v) is 9.86. The van der Waals surface area contributed by atoms with Crippen molar-refractivity contribution in [3.63, 3.8) is 0 Å². The molecule has 0 unspecified atom stereocenters. The van der Waals surface area contributed by atoms with Crippen LogP contribution in [0.5, 0.6) is 0 Å². The van der Waals surface area contributed by atoms with Crippen molar-refractivity contribution in [3.05, 3.63) is 41.1 Å². The zero-order chi connectivity index (χ0) is 11.7. The van der Waals surface area contributed by atoms with Gasteiger partial charge in [-0.15, -0.1) is 0 Å². The molecule has 84 valence electrons. The maximum Gasteiger partial charge on any atom is 0.0885 e. The Morgan fingerprint density at radius 1 is 1.25 bits per heavy atom. The SMILES string of the molecule is Cc1ccc(-c2cc(CO)nn2C)c(C)c1. The summed E-state index contributed by atoms with van der Waals surface area (Å²) in [6, 6.07) is 8.27. The summed E-state index contributed by atoms with van der Waals surface area (Å²) in [7, 11) is 1.90. The van der Waals surface area contributed by atoms with Gasteiger partial charge in [-0.2, -0.15) is 5.10 Å². The van der Waals surface area contributed by atoms with Crippen LogP contribution in [-0.2, 0) is 13.7 Å². The van der Waals surface area contributed by atoms with E-state index in [2.05, 4.69) is 37.1 Å². The summed E-state index contributed by atoms with van der Waals surface area (Å²) in [6.07, 6.45) is 0. The maximum atomic E-state index is 9.06. The average molecular weight is 216 g/mol. The molecule has 1 N–H and O–H groups in total. The largest absolute Gasteiger partial charge is 0.390 e. The van der Waals surface area contributed by atoms with Crippen LogP contribution >= 0.6 is 0 Å². The first-order chi connectivity index (χ1) is 7.61. The molecule has 2 rings (SSSR count). The molecule has 3 heteroatoms. The molecule has 0 amide bonds. The first kappa shape index (κ1) is 10.9. The molecule has 0 aliphatic carbocycles.